The first-order valence-electron chi connectivity index (χ1n) is 16.0. The van der Waals surface area contributed by atoms with Gasteiger partial charge in [0.1, 0.15) is 11.6 Å². The van der Waals surface area contributed by atoms with Crippen LogP contribution in [-0.2, 0) is 12.8 Å². The average Bonchev–Trinajstić information content (AvgIpc) is 3.09. The highest BCUT2D eigenvalue weighted by Crippen LogP contribution is 2.27. The Kier molecular flexibility index (Phi) is 9.92. The van der Waals surface area contributed by atoms with E-state index in [0.717, 1.165) is 35.1 Å². The van der Waals surface area contributed by atoms with Crippen molar-refractivity contribution in [3.05, 3.63) is 168 Å². The summed E-state index contributed by atoms with van der Waals surface area (Å²) in [4.78, 5) is 0. The summed E-state index contributed by atoms with van der Waals surface area (Å²) in [5, 5.41) is 0. The van der Waals surface area contributed by atoms with Crippen LogP contribution in [0.4, 0.5) is 8.78 Å². The number of hydrogen-bond donors (Lipinski definition) is 0. The van der Waals surface area contributed by atoms with Crippen molar-refractivity contribution in [1.29, 1.82) is 0 Å². The van der Waals surface area contributed by atoms with Crippen molar-refractivity contribution in [2.75, 3.05) is 0 Å². The zero-order valence-electron chi connectivity index (χ0n) is 25.6. The van der Waals surface area contributed by atoms with Gasteiger partial charge in [-0.3, -0.25) is 0 Å². The van der Waals surface area contributed by atoms with E-state index in [2.05, 4.69) is 97.1 Å². The third kappa shape index (κ3) is 8.22. The Morgan fingerprint density at radius 3 is 0.711 bits per heavy atom. The number of halogens is 2. The van der Waals surface area contributed by atoms with Crippen LogP contribution in [0.3, 0.4) is 0 Å². The molecule has 0 amide bonds. The van der Waals surface area contributed by atoms with E-state index in [1.807, 2.05) is 24.3 Å². The minimum Gasteiger partial charge on any atom is -0.207 e. The molecule has 0 aromatic heterocycles. The number of aryl methyl sites for hydroxylation is 2. The van der Waals surface area contributed by atoms with Gasteiger partial charge in [0.2, 0.25) is 0 Å². The molecule has 45 heavy (non-hydrogen) atoms. The van der Waals surface area contributed by atoms with Crippen LogP contribution >= 0.6 is 0 Å². The molecule has 0 aliphatic heterocycles. The van der Waals surface area contributed by atoms with Gasteiger partial charge in [-0.15, -0.1) is 0 Å². The third-order valence-corrected chi connectivity index (χ3v) is 8.63. The molecular weight excluding hydrogens is 554 g/mol. The second-order valence-electron chi connectivity index (χ2n) is 11.8. The molecule has 0 aliphatic carbocycles. The highest BCUT2D eigenvalue weighted by Gasteiger charge is 2.04. The van der Waals surface area contributed by atoms with Gasteiger partial charge in [0.05, 0.1) is 0 Å². The Labute approximate surface area is 266 Å². The monoisotopic (exact) mass is 592 g/mol. The summed E-state index contributed by atoms with van der Waals surface area (Å²) in [6, 6.07) is 48.1. The summed E-state index contributed by atoms with van der Waals surface area (Å²) in [6.45, 7) is 0. The summed E-state index contributed by atoms with van der Waals surface area (Å²) < 4.78 is 26.4. The van der Waals surface area contributed by atoms with E-state index >= 15 is 0 Å². The fourth-order valence-corrected chi connectivity index (χ4v) is 5.91. The highest BCUT2D eigenvalue weighted by atomic mass is 19.1. The maximum absolute atomic E-state index is 13.2. The van der Waals surface area contributed by atoms with E-state index in [1.54, 1.807) is 0 Å². The van der Waals surface area contributed by atoms with Crippen LogP contribution in [-0.4, -0.2) is 0 Å². The quantitative estimate of drug-likeness (QED) is 0.124. The van der Waals surface area contributed by atoms with Crippen molar-refractivity contribution >= 4 is 0 Å². The van der Waals surface area contributed by atoms with Crippen LogP contribution in [0.2, 0.25) is 0 Å². The summed E-state index contributed by atoms with van der Waals surface area (Å²) >= 11 is 0. The van der Waals surface area contributed by atoms with Crippen molar-refractivity contribution in [2.45, 2.75) is 44.9 Å². The lowest BCUT2D eigenvalue weighted by molar-refractivity contribution is 0.613. The molecule has 0 N–H and O–H groups in total. The van der Waals surface area contributed by atoms with Gasteiger partial charge < -0.3 is 0 Å². The first-order chi connectivity index (χ1) is 22.1. The fourth-order valence-electron chi connectivity index (χ4n) is 5.91. The number of hydrogen-bond acceptors (Lipinski definition) is 0. The van der Waals surface area contributed by atoms with Gasteiger partial charge in [0.25, 0.3) is 0 Å². The Hall–Kier alpha value is -4.82. The van der Waals surface area contributed by atoms with Crippen molar-refractivity contribution < 1.29 is 8.78 Å². The number of benzene rings is 6. The number of unbranched alkanes of at least 4 members (excludes halogenated alkanes) is 4. The Morgan fingerprint density at radius 1 is 0.244 bits per heavy atom. The molecule has 0 fully saturated rings. The molecule has 0 unspecified atom stereocenters. The summed E-state index contributed by atoms with van der Waals surface area (Å²) in [5.41, 5.74) is 11.9. The molecule has 0 spiro atoms. The van der Waals surface area contributed by atoms with Gasteiger partial charge in [-0.2, -0.15) is 0 Å². The largest absolute Gasteiger partial charge is 0.207 e. The first-order valence-corrected chi connectivity index (χ1v) is 16.0. The molecule has 0 bridgehead atoms. The van der Waals surface area contributed by atoms with E-state index in [1.165, 1.54) is 89.8 Å². The Bertz CT molecular complexity index is 1630. The van der Waals surface area contributed by atoms with Crippen molar-refractivity contribution in [2.24, 2.45) is 0 Å². The summed E-state index contributed by atoms with van der Waals surface area (Å²) in [5.74, 6) is -0.419. The van der Waals surface area contributed by atoms with Gasteiger partial charge in [0.15, 0.2) is 0 Å². The van der Waals surface area contributed by atoms with Gasteiger partial charge >= 0.3 is 0 Å². The molecule has 0 radical (unpaired) electrons. The lowest BCUT2D eigenvalue weighted by atomic mass is 9.98. The number of rotatable bonds is 12. The maximum Gasteiger partial charge on any atom is 0.123 e. The Morgan fingerprint density at radius 2 is 0.444 bits per heavy atom. The Balaban J connectivity index is 0.887. The van der Waals surface area contributed by atoms with E-state index in [0.29, 0.717) is 0 Å². The molecule has 0 nitrogen and oxygen atoms in total. The van der Waals surface area contributed by atoms with Crippen LogP contribution < -0.4 is 0 Å². The standard InChI is InChI=1S/C43H38F2/c44-42-28-24-40(25-29-42)38-20-16-36(17-21-38)34-12-8-32(9-13-34)6-4-2-1-3-5-7-33-10-14-35(15-11-33)37-18-22-39(23-19-37)41-26-30-43(45)31-27-41/h8-31H,1-7H2. The molecule has 0 aliphatic rings. The second-order valence-corrected chi connectivity index (χ2v) is 11.8. The van der Waals surface area contributed by atoms with E-state index in [-0.39, 0.29) is 11.6 Å². The molecule has 224 valence electrons. The van der Waals surface area contributed by atoms with Crippen LogP contribution in [0.25, 0.3) is 44.5 Å². The van der Waals surface area contributed by atoms with Gasteiger partial charge in [-0.05, 0) is 106 Å². The third-order valence-electron chi connectivity index (χ3n) is 8.63. The zero-order chi connectivity index (χ0) is 30.8. The second kappa shape index (κ2) is 14.8. The molecule has 6 aromatic rings. The van der Waals surface area contributed by atoms with Gasteiger partial charge in [-0.1, -0.05) is 141 Å². The zero-order valence-corrected chi connectivity index (χ0v) is 25.6. The maximum atomic E-state index is 13.2. The van der Waals surface area contributed by atoms with Crippen LogP contribution in [0.1, 0.15) is 43.2 Å². The van der Waals surface area contributed by atoms with Gasteiger partial charge in [-0.25, -0.2) is 8.78 Å². The first kappa shape index (κ1) is 30.2. The molecular formula is C43H38F2. The molecule has 0 saturated carbocycles. The molecule has 2 heteroatoms. The predicted octanol–water partition coefficient (Wildman–Crippen LogP) is 12.4. The van der Waals surface area contributed by atoms with E-state index in [4.69, 9.17) is 0 Å². The minimum absolute atomic E-state index is 0.210. The van der Waals surface area contributed by atoms with Crippen molar-refractivity contribution in [3.8, 4) is 44.5 Å². The fraction of sp³-hybridized carbons (Fsp3) is 0.163. The summed E-state index contributed by atoms with van der Waals surface area (Å²) in [7, 11) is 0. The van der Waals surface area contributed by atoms with Gasteiger partial charge in [0, 0.05) is 0 Å². The summed E-state index contributed by atoms with van der Waals surface area (Å²) in [6.07, 6.45) is 8.49. The molecule has 0 atom stereocenters. The van der Waals surface area contributed by atoms with Crippen molar-refractivity contribution in [3.63, 3.8) is 0 Å². The predicted molar refractivity (Wildman–Crippen MR) is 185 cm³/mol. The van der Waals surface area contributed by atoms with Crippen molar-refractivity contribution in [1.82, 2.24) is 0 Å². The van der Waals surface area contributed by atoms with E-state index in [9.17, 15) is 8.78 Å². The lowest BCUT2D eigenvalue weighted by Crippen LogP contribution is -1.89. The van der Waals surface area contributed by atoms with E-state index < -0.39 is 0 Å². The molecule has 0 heterocycles. The average molecular weight is 593 g/mol. The topological polar surface area (TPSA) is 0 Å². The minimum atomic E-state index is -0.210. The lowest BCUT2D eigenvalue weighted by Gasteiger charge is -2.08. The molecule has 6 rings (SSSR count). The molecule has 0 saturated heterocycles. The molecule has 6 aromatic carbocycles. The normalized spacial score (nSPS) is 11.1. The van der Waals surface area contributed by atoms with Crippen LogP contribution in [0.15, 0.2) is 146 Å². The smallest absolute Gasteiger partial charge is 0.123 e. The van der Waals surface area contributed by atoms with Crippen LogP contribution in [0.5, 0.6) is 0 Å². The highest BCUT2D eigenvalue weighted by molar-refractivity contribution is 5.71. The van der Waals surface area contributed by atoms with Crippen LogP contribution in [0, 0.1) is 11.6 Å². The SMILES string of the molecule is Fc1ccc(-c2ccc(-c3ccc(CCCCCCCc4ccc(-c5ccc(-c6ccc(F)cc6)cc5)cc4)cc3)cc2)cc1.